The van der Waals surface area contributed by atoms with Crippen LogP contribution in [-0.2, 0) is 11.3 Å². The minimum absolute atomic E-state index is 0.203. The van der Waals surface area contributed by atoms with E-state index in [0.29, 0.717) is 24.7 Å². The summed E-state index contributed by atoms with van der Waals surface area (Å²) in [7, 11) is 1.64. The number of morpholine rings is 1. The summed E-state index contributed by atoms with van der Waals surface area (Å²) in [5, 5.41) is 6.04. The first-order chi connectivity index (χ1) is 13.3. The van der Waals surface area contributed by atoms with Crippen molar-refractivity contribution in [1.29, 1.82) is 0 Å². The third-order valence-corrected chi connectivity index (χ3v) is 4.33. The number of para-hydroxylation sites is 1. The van der Waals surface area contributed by atoms with Crippen molar-refractivity contribution in [3.05, 3.63) is 47.8 Å². The van der Waals surface area contributed by atoms with Gasteiger partial charge in [0.15, 0.2) is 0 Å². The number of benzene rings is 1. The molecule has 1 aliphatic rings. The molecular weight excluding hydrogens is 346 g/mol. The average molecular weight is 371 g/mol. The number of hydrogen-bond acceptors (Lipinski definition) is 7. The van der Waals surface area contributed by atoms with Gasteiger partial charge in [-0.1, -0.05) is 18.2 Å². The molecular formula is C19H25N5O3. The summed E-state index contributed by atoms with van der Waals surface area (Å²) in [6, 6.07) is 9.34. The van der Waals surface area contributed by atoms with Gasteiger partial charge >= 0.3 is 0 Å². The predicted octanol–water partition coefficient (Wildman–Crippen LogP) is 1.16. The van der Waals surface area contributed by atoms with Crippen LogP contribution in [0.3, 0.4) is 0 Å². The van der Waals surface area contributed by atoms with E-state index in [1.54, 1.807) is 19.4 Å². The summed E-state index contributed by atoms with van der Waals surface area (Å²) in [6.45, 7) is 5.20. The summed E-state index contributed by atoms with van der Waals surface area (Å²) < 4.78 is 10.7. The molecule has 0 saturated carbocycles. The molecule has 0 spiro atoms. The minimum atomic E-state index is -0.203. The number of nitrogens with one attached hydrogen (secondary N) is 2. The number of rotatable bonds is 8. The molecule has 0 radical (unpaired) electrons. The molecule has 27 heavy (non-hydrogen) atoms. The fraction of sp³-hybridized carbons (Fsp3) is 0.421. The number of ether oxygens (including phenoxy) is 2. The highest BCUT2D eigenvalue weighted by atomic mass is 16.5. The maximum absolute atomic E-state index is 12.3. The zero-order valence-corrected chi connectivity index (χ0v) is 15.5. The van der Waals surface area contributed by atoms with Gasteiger partial charge in [0.1, 0.15) is 11.4 Å². The maximum atomic E-state index is 12.3. The largest absolute Gasteiger partial charge is 0.496 e. The van der Waals surface area contributed by atoms with Crippen molar-refractivity contribution < 1.29 is 14.3 Å². The van der Waals surface area contributed by atoms with E-state index >= 15 is 0 Å². The Hall–Kier alpha value is -2.71. The van der Waals surface area contributed by atoms with E-state index in [4.69, 9.17) is 9.47 Å². The number of methoxy groups -OCH3 is 1. The van der Waals surface area contributed by atoms with Crippen LogP contribution in [0.25, 0.3) is 0 Å². The molecule has 0 atom stereocenters. The van der Waals surface area contributed by atoms with Crippen LogP contribution in [0.5, 0.6) is 5.75 Å². The SMILES string of the molecule is COc1ccccc1CNc1nccc(C(=O)NCCN2CCOCC2)n1. The van der Waals surface area contributed by atoms with E-state index in [1.807, 2.05) is 24.3 Å². The normalized spacial score (nSPS) is 14.6. The number of aromatic nitrogens is 2. The first-order valence-electron chi connectivity index (χ1n) is 9.03. The second-order valence-corrected chi connectivity index (χ2v) is 6.14. The van der Waals surface area contributed by atoms with E-state index in [2.05, 4.69) is 25.5 Å². The Labute approximate surface area is 158 Å². The van der Waals surface area contributed by atoms with Gasteiger partial charge < -0.3 is 20.1 Å². The Morgan fingerprint density at radius 1 is 1.26 bits per heavy atom. The summed E-state index contributed by atoms with van der Waals surface area (Å²) >= 11 is 0. The number of amides is 1. The molecule has 1 fully saturated rings. The first-order valence-corrected chi connectivity index (χ1v) is 9.03. The van der Waals surface area contributed by atoms with Crippen molar-refractivity contribution in [1.82, 2.24) is 20.2 Å². The van der Waals surface area contributed by atoms with Gasteiger partial charge in [0.2, 0.25) is 5.95 Å². The Kier molecular flexibility index (Phi) is 6.95. The highest BCUT2D eigenvalue weighted by Crippen LogP contribution is 2.18. The van der Waals surface area contributed by atoms with Gasteiger partial charge in [-0.15, -0.1) is 0 Å². The Bertz CT molecular complexity index is 750. The lowest BCUT2D eigenvalue weighted by Gasteiger charge is -2.26. The summed E-state index contributed by atoms with van der Waals surface area (Å²) in [5.74, 6) is 0.995. The molecule has 1 aromatic heterocycles. The van der Waals surface area contributed by atoms with Crippen LogP contribution >= 0.6 is 0 Å². The van der Waals surface area contributed by atoms with E-state index in [1.165, 1.54) is 0 Å². The molecule has 2 N–H and O–H groups in total. The molecule has 2 heterocycles. The van der Waals surface area contributed by atoms with Crippen molar-refractivity contribution in [2.45, 2.75) is 6.54 Å². The highest BCUT2D eigenvalue weighted by Gasteiger charge is 2.12. The molecule has 0 unspecified atom stereocenters. The second-order valence-electron chi connectivity index (χ2n) is 6.14. The molecule has 8 heteroatoms. The van der Waals surface area contributed by atoms with Gasteiger partial charge in [0.05, 0.1) is 20.3 Å². The zero-order valence-electron chi connectivity index (χ0n) is 15.5. The molecule has 1 aliphatic heterocycles. The van der Waals surface area contributed by atoms with E-state index in [9.17, 15) is 4.79 Å². The fourth-order valence-corrected chi connectivity index (χ4v) is 2.84. The lowest BCUT2D eigenvalue weighted by Crippen LogP contribution is -2.41. The Morgan fingerprint density at radius 3 is 2.89 bits per heavy atom. The van der Waals surface area contributed by atoms with Crippen LogP contribution in [0, 0.1) is 0 Å². The quantitative estimate of drug-likeness (QED) is 0.720. The van der Waals surface area contributed by atoms with Gasteiger partial charge in [0, 0.05) is 44.5 Å². The first kappa shape index (κ1) is 19.1. The standard InChI is InChI=1S/C19H25N5O3/c1-26-17-5-3-2-4-15(17)14-22-19-21-7-6-16(23-19)18(25)20-8-9-24-10-12-27-13-11-24/h2-7H,8-14H2,1H3,(H,20,25)(H,21,22,23). The van der Waals surface area contributed by atoms with Gasteiger partial charge in [-0.3, -0.25) is 9.69 Å². The smallest absolute Gasteiger partial charge is 0.270 e. The maximum Gasteiger partial charge on any atom is 0.270 e. The summed E-state index contributed by atoms with van der Waals surface area (Å²) in [4.78, 5) is 23.1. The molecule has 1 aromatic carbocycles. The molecule has 0 bridgehead atoms. The molecule has 1 amide bonds. The van der Waals surface area contributed by atoms with Gasteiger partial charge in [0.25, 0.3) is 5.91 Å². The molecule has 0 aliphatic carbocycles. The average Bonchev–Trinajstić information content (AvgIpc) is 2.73. The lowest BCUT2D eigenvalue weighted by molar-refractivity contribution is 0.0383. The third-order valence-electron chi connectivity index (χ3n) is 4.33. The van der Waals surface area contributed by atoms with E-state index in [-0.39, 0.29) is 5.91 Å². The third kappa shape index (κ3) is 5.63. The topological polar surface area (TPSA) is 88.6 Å². The summed E-state index contributed by atoms with van der Waals surface area (Å²) in [5.41, 5.74) is 1.33. The van der Waals surface area contributed by atoms with Crippen LogP contribution in [-0.4, -0.2) is 67.3 Å². The molecule has 1 saturated heterocycles. The Balaban J connectivity index is 1.50. The van der Waals surface area contributed by atoms with Crippen molar-refractivity contribution in [3.8, 4) is 5.75 Å². The zero-order chi connectivity index (χ0) is 18.9. The monoisotopic (exact) mass is 371 g/mol. The van der Waals surface area contributed by atoms with Crippen molar-refractivity contribution in [2.75, 3.05) is 51.8 Å². The molecule has 8 nitrogen and oxygen atoms in total. The number of anilines is 1. The van der Waals surface area contributed by atoms with Gasteiger partial charge in [-0.25, -0.2) is 9.97 Å². The Morgan fingerprint density at radius 2 is 2.07 bits per heavy atom. The van der Waals surface area contributed by atoms with Crippen LogP contribution in [0.1, 0.15) is 16.1 Å². The van der Waals surface area contributed by atoms with Crippen LogP contribution < -0.4 is 15.4 Å². The number of carbonyl (C=O) groups is 1. The van der Waals surface area contributed by atoms with Crippen LogP contribution in [0.15, 0.2) is 36.5 Å². The molecule has 3 rings (SSSR count). The van der Waals surface area contributed by atoms with Gasteiger partial charge in [-0.05, 0) is 12.1 Å². The van der Waals surface area contributed by atoms with Crippen molar-refractivity contribution in [2.24, 2.45) is 0 Å². The second kappa shape index (κ2) is 9.84. The number of nitrogens with zero attached hydrogens (tertiary/aromatic N) is 3. The van der Waals surface area contributed by atoms with Crippen LogP contribution in [0.4, 0.5) is 5.95 Å². The number of carbonyl (C=O) groups excluding carboxylic acids is 1. The van der Waals surface area contributed by atoms with E-state index in [0.717, 1.165) is 44.2 Å². The molecule has 144 valence electrons. The van der Waals surface area contributed by atoms with E-state index < -0.39 is 0 Å². The van der Waals surface area contributed by atoms with Crippen molar-refractivity contribution >= 4 is 11.9 Å². The fourth-order valence-electron chi connectivity index (χ4n) is 2.84. The van der Waals surface area contributed by atoms with Crippen molar-refractivity contribution in [3.63, 3.8) is 0 Å². The lowest BCUT2D eigenvalue weighted by atomic mass is 10.2. The summed E-state index contributed by atoms with van der Waals surface area (Å²) in [6.07, 6.45) is 1.58. The minimum Gasteiger partial charge on any atom is -0.496 e. The number of hydrogen-bond donors (Lipinski definition) is 2. The highest BCUT2D eigenvalue weighted by molar-refractivity contribution is 5.92. The van der Waals surface area contributed by atoms with Gasteiger partial charge in [-0.2, -0.15) is 0 Å². The predicted molar refractivity (Wildman–Crippen MR) is 102 cm³/mol. The van der Waals surface area contributed by atoms with Crippen LogP contribution in [0.2, 0.25) is 0 Å². The molecule has 2 aromatic rings.